The summed E-state index contributed by atoms with van der Waals surface area (Å²) in [5, 5.41) is 18.9. The molecular formula is C22H32O4. The third kappa shape index (κ3) is 7.58. The molecule has 0 bridgehead atoms. The van der Waals surface area contributed by atoms with Crippen molar-refractivity contribution in [3.05, 3.63) is 24.3 Å². The van der Waals surface area contributed by atoms with E-state index in [0.717, 1.165) is 6.42 Å². The largest absolute Gasteiger partial charge is 0.481 e. The third-order valence-corrected chi connectivity index (χ3v) is 5.09. The molecule has 144 valence electrons. The van der Waals surface area contributed by atoms with Gasteiger partial charge in [0.05, 0.1) is 6.10 Å². The zero-order valence-electron chi connectivity index (χ0n) is 16.1. The van der Waals surface area contributed by atoms with Gasteiger partial charge in [-0.2, -0.15) is 0 Å². The average molecular weight is 360 g/mol. The number of carbonyl (C=O) groups excluding carboxylic acids is 1. The van der Waals surface area contributed by atoms with Gasteiger partial charge in [0.2, 0.25) is 0 Å². The van der Waals surface area contributed by atoms with Crippen molar-refractivity contribution in [2.45, 2.75) is 65.4 Å². The lowest BCUT2D eigenvalue weighted by Gasteiger charge is -2.19. The molecule has 26 heavy (non-hydrogen) atoms. The first-order valence-electron chi connectivity index (χ1n) is 9.52. The zero-order chi connectivity index (χ0) is 19.5. The van der Waals surface area contributed by atoms with Crippen LogP contribution in [-0.2, 0) is 9.59 Å². The van der Waals surface area contributed by atoms with E-state index in [1.54, 1.807) is 6.92 Å². The third-order valence-electron chi connectivity index (χ3n) is 5.09. The molecule has 1 aliphatic carbocycles. The summed E-state index contributed by atoms with van der Waals surface area (Å²) in [6.07, 6.45) is 10.7. The molecule has 0 heterocycles. The lowest BCUT2D eigenvalue weighted by molar-refractivity contribution is -0.137. The number of hydrogen-bond acceptors (Lipinski definition) is 3. The van der Waals surface area contributed by atoms with E-state index in [0.29, 0.717) is 25.7 Å². The van der Waals surface area contributed by atoms with Crippen LogP contribution in [0.1, 0.15) is 59.3 Å². The average Bonchev–Trinajstić information content (AvgIpc) is 2.86. The molecule has 0 aliphatic heterocycles. The predicted octanol–water partition coefficient (Wildman–Crippen LogP) is 4.00. The van der Waals surface area contributed by atoms with Crippen molar-refractivity contribution in [3.8, 4) is 11.8 Å². The van der Waals surface area contributed by atoms with Gasteiger partial charge < -0.3 is 10.2 Å². The number of Topliss-reactive ketones (excluding diaryl/α,β-unsaturated/α-hetero) is 1. The van der Waals surface area contributed by atoms with Crippen LogP contribution in [0.15, 0.2) is 24.3 Å². The van der Waals surface area contributed by atoms with Crippen molar-refractivity contribution < 1.29 is 19.8 Å². The fraction of sp³-hybridized carbons (Fsp3) is 0.636. The minimum atomic E-state index is -0.777. The number of hydrogen-bond donors (Lipinski definition) is 2. The second-order valence-electron chi connectivity index (χ2n) is 7.31. The van der Waals surface area contributed by atoms with Crippen LogP contribution in [0, 0.1) is 35.5 Å². The van der Waals surface area contributed by atoms with E-state index in [9.17, 15) is 14.7 Å². The lowest BCUT2D eigenvalue weighted by Crippen LogP contribution is -2.18. The predicted molar refractivity (Wildman–Crippen MR) is 103 cm³/mol. The number of aliphatic carboxylic acids is 1. The highest BCUT2D eigenvalue weighted by atomic mass is 16.4. The molecule has 1 unspecified atom stereocenters. The van der Waals surface area contributed by atoms with E-state index in [-0.39, 0.29) is 35.9 Å². The van der Waals surface area contributed by atoms with E-state index in [4.69, 9.17) is 5.11 Å². The number of rotatable bonds is 10. The highest BCUT2D eigenvalue weighted by Gasteiger charge is 2.37. The summed E-state index contributed by atoms with van der Waals surface area (Å²) in [7, 11) is 0. The van der Waals surface area contributed by atoms with Crippen LogP contribution in [0.3, 0.4) is 0 Å². The molecule has 0 saturated heterocycles. The number of carbonyl (C=O) groups is 2. The molecule has 0 aromatic rings. The minimum absolute atomic E-state index is 0.0464. The molecule has 0 spiro atoms. The van der Waals surface area contributed by atoms with Gasteiger partial charge in [0, 0.05) is 25.2 Å². The first-order chi connectivity index (χ1) is 12.4. The fourth-order valence-electron chi connectivity index (χ4n) is 3.38. The fourth-order valence-corrected chi connectivity index (χ4v) is 3.38. The molecule has 0 aromatic carbocycles. The number of allylic oxidation sites excluding steroid dienone is 3. The topological polar surface area (TPSA) is 74.6 Å². The number of aliphatic hydroxyl groups excluding tert-OH is 1. The maximum atomic E-state index is 12.3. The van der Waals surface area contributed by atoms with Crippen LogP contribution in [0.5, 0.6) is 0 Å². The van der Waals surface area contributed by atoms with Crippen molar-refractivity contribution in [3.63, 3.8) is 0 Å². The van der Waals surface area contributed by atoms with Crippen molar-refractivity contribution in [1.29, 1.82) is 0 Å². The molecule has 1 rings (SSSR count). The number of carboxylic acid groups (broad SMARTS) is 1. The quantitative estimate of drug-likeness (QED) is 0.351. The molecule has 0 aromatic heterocycles. The molecule has 1 aliphatic rings. The zero-order valence-corrected chi connectivity index (χ0v) is 16.1. The van der Waals surface area contributed by atoms with Gasteiger partial charge in [0.1, 0.15) is 5.78 Å². The summed E-state index contributed by atoms with van der Waals surface area (Å²) < 4.78 is 0. The monoisotopic (exact) mass is 360 g/mol. The molecule has 2 N–H and O–H groups in total. The van der Waals surface area contributed by atoms with Crippen molar-refractivity contribution in [1.82, 2.24) is 0 Å². The van der Waals surface area contributed by atoms with Crippen molar-refractivity contribution in [2.75, 3.05) is 0 Å². The first kappa shape index (κ1) is 22.2. The standard InChI is InChI=1S/C22H32O4/c1-4-5-10-16(2)20(23)14-13-18-17(3)15-21(24)19(18)11-8-6-7-9-12-22(25)26/h6,8,13-14,16-20,23H,7,9-12,15H2,1-3H3,(H,25,26)/t16?,17-,18+,19-,20-/m1/s1. The molecule has 5 atom stereocenters. The first-order valence-corrected chi connectivity index (χ1v) is 9.52. The van der Waals surface area contributed by atoms with Crippen LogP contribution >= 0.6 is 0 Å². The second kappa shape index (κ2) is 11.7. The number of unbranched alkanes of at least 4 members (excludes halogenated alkanes) is 1. The normalized spacial score (nSPS) is 25.4. The Hall–Kier alpha value is -1.86. The molecule has 0 radical (unpaired) electrons. The summed E-state index contributed by atoms with van der Waals surface area (Å²) in [6, 6.07) is 0. The lowest BCUT2D eigenvalue weighted by atomic mass is 9.86. The Labute approximate surface area is 157 Å². The molecule has 4 heteroatoms. The van der Waals surface area contributed by atoms with Crippen LogP contribution in [0.2, 0.25) is 0 Å². The SMILES string of the molecule is CC#CCC(C)[C@H](O)C=C[C@H]1[C@H](C)CC(=O)[C@@H]1CC=CCCCC(=O)O. The Morgan fingerprint density at radius 1 is 1.38 bits per heavy atom. The second-order valence-corrected chi connectivity index (χ2v) is 7.31. The van der Waals surface area contributed by atoms with Crippen molar-refractivity contribution in [2.24, 2.45) is 23.7 Å². The summed E-state index contributed by atoms with van der Waals surface area (Å²) in [4.78, 5) is 22.8. The summed E-state index contributed by atoms with van der Waals surface area (Å²) >= 11 is 0. The van der Waals surface area contributed by atoms with Crippen LogP contribution in [0.4, 0.5) is 0 Å². The highest BCUT2D eigenvalue weighted by Crippen LogP contribution is 2.37. The van der Waals surface area contributed by atoms with Gasteiger partial charge >= 0.3 is 5.97 Å². The van der Waals surface area contributed by atoms with E-state index in [1.807, 2.05) is 31.2 Å². The smallest absolute Gasteiger partial charge is 0.303 e. The van der Waals surface area contributed by atoms with Gasteiger partial charge in [-0.3, -0.25) is 9.59 Å². The summed E-state index contributed by atoms with van der Waals surface area (Å²) in [6.45, 7) is 5.85. The van der Waals surface area contributed by atoms with Gasteiger partial charge in [-0.05, 0) is 43.9 Å². The van der Waals surface area contributed by atoms with Crippen LogP contribution in [-0.4, -0.2) is 28.1 Å². The summed E-state index contributed by atoms with van der Waals surface area (Å²) in [5.41, 5.74) is 0. The van der Waals surface area contributed by atoms with E-state index in [1.165, 1.54) is 0 Å². The Morgan fingerprint density at radius 3 is 2.77 bits per heavy atom. The van der Waals surface area contributed by atoms with E-state index < -0.39 is 12.1 Å². The number of ketones is 1. The molecule has 4 nitrogen and oxygen atoms in total. The Bertz CT molecular complexity index is 579. The Balaban J connectivity index is 2.59. The van der Waals surface area contributed by atoms with Gasteiger partial charge in [-0.15, -0.1) is 11.8 Å². The maximum Gasteiger partial charge on any atom is 0.303 e. The summed E-state index contributed by atoms with van der Waals surface area (Å²) in [5.74, 6) is 5.78. The number of aliphatic hydroxyl groups is 1. The Kier molecular flexibility index (Phi) is 9.98. The van der Waals surface area contributed by atoms with E-state index >= 15 is 0 Å². The van der Waals surface area contributed by atoms with Crippen molar-refractivity contribution >= 4 is 11.8 Å². The molecule has 1 saturated carbocycles. The molecule has 1 fully saturated rings. The van der Waals surface area contributed by atoms with Gasteiger partial charge in [-0.1, -0.05) is 38.2 Å². The minimum Gasteiger partial charge on any atom is -0.481 e. The number of carboxylic acids is 1. The van der Waals surface area contributed by atoms with Gasteiger partial charge in [0.15, 0.2) is 0 Å². The van der Waals surface area contributed by atoms with Crippen LogP contribution < -0.4 is 0 Å². The van der Waals surface area contributed by atoms with Gasteiger partial charge in [-0.25, -0.2) is 0 Å². The van der Waals surface area contributed by atoms with Gasteiger partial charge in [0.25, 0.3) is 0 Å². The Morgan fingerprint density at radius 2 is 2.12 bits per heavy atom. The molecule has 0 amide bonds. The van der Waals surface area contributed by atoms with E-state index in [2.05, 4.69) is 18.8 Å². The maximum absolute atomic E-state index is 12.3. The molecular weight excluding hydrogens is 328 g/mol. The highest BCUT2D eigenvalue weighted by molar-refractivity contribution is 5.84. The van der Waals surface area contributed by atoms with Crippen LogP contribution in [0.25, 0.3) is 0 Å².